The molecule has 0 spiro atoms. The normalized spacial score (nSPS) is 11.5. The number of hydrogen-bond acceptors (Lipinski definition) is 2. The molecule has 0 fully saturated rings. The van der Waals surface area contributed by atoms with E-state index in [1.54, 1.807) is 0 Å². The van der Waals surface area contributed by atoms with E-state index in [-0.39, 0.29) is 0 Å². The van der Waals surface area contributed by atoms with Gasteiger partial charge < -0.3 is 0 Å². The van der Waals surface area contributed by atoms with E-state index in [0.29, 0.717) is 0 Å². The summed E-state index contributed by atoms with van der Waals surface area (Å²) in [5.74, 6) is 0. The van der Waals surface area contributed by atoms with E-state index in [1.807, 2.05) is 17.4 Å². The van der Waals surface area contributed by atoms with E-state index >= 15 is 0 Å². The topological polar surface area (TPSA) is 12.9 Å². The summed E-state index contributed by atoms with van der Waals surface area (Å²) in [5.41, 5.74) is 3.30. The second-order valence-corrected chi connectivity index (χ2v) is 6.75. The monoisotopic (exact) mass is 311 g/mol. The Hall–Kier alpha value is -2.71. The smallest absolute Gasteiger partial charge is 0.0716 e. The first-order valence-corrected chi connectivity index (χ1v) is 8.48. The highest BCUT2D eigenvalue weighted by atomic mass is 32.1. The van der Waals surface area contributed by atoms with E-state index in [0.717, 1.165) is 11.2 Å². The third kappa shape index (κ3) is 1.96. The molecule has 0 saturated heterocycles. The fourth-order valence-corrected chi connectivity index (χ4v) is 4.34. The SMILES string of the molecule is c1ccc2nc(-c3cccc4sc5ccccc5c34)ccc2c1. The van der Waals surface area contributed by atoms with Gasteiger partial charge in [-0.3, -0.25) is 0 Å². The molecule has 3 aromatic carbocycles. The van der Waals surface area contributed by atoms with Crippen LogP contribution < -0.4 is 0 Å². The summed E-state index contributed by atoms with van der Waals surface area (Å²) >= 11 is 1.85. The fourth-order valence-electron chi connectivity index (χ4n) is 3.20. The van der Waals surface area contributed by atoms with E-state index in [1.165, 1.54) is 31.1 Å². The first-order valence-electron chi connectivity index (χ1n) is 7.66. The molecule has 0 amide bonds. The lowest BCUT2D eigenvalue weighted by Gasteiger charge is -2.05. The Labute approximate surface area is 137 Å². The molecule has 0 aliphatic rings. The Morgan fingerprint density at radius 1 is 0.652 bits per heavy atom. The summed E-state index contributed by atoms with van der Waals surface area (Å²) < 4.78 is 2.65. The van der Waals surface area contributed by atoms with Crippen molar-refractivity contribution in [1.82, 2.24) is 4.98 Å². The number of aromatic nitrogens is 1. The minimum absolute atomic E-state index is 1.04. The number of nitrogens with zero attached hydrogens (tertiary/aromatic N) is 1. The van der Waals surface area contributed by atoms with Crippen LogP contribution in [0, 0.1) is 0 Å². The van der Waals surface area contributed by atoms with Crippen LogP contribution in [-0.2, 0) is 0 Å². The minimum atomic E-state index is 1.04. The Morgan fingerprint density at radius 2 is 1.48 bits per heavy atom. The van der Waals surface area contributed by atoms with Crippen molar-refractivity contribution in [2.45, 2.75) is 0 Å². The largest absolute Gasteiger partial charge is 0.248 e. The molecule has 0 aliphatic heterocycles. The van der Waals surface area contributed by atoms with Crippen LogP contribution in [-0.4, -0.2) is 4.98 Å². The van der Waals surface area contributed by atoms with Gasteiger partial charge in [0.2, 0.25) is 0 Å². The van der Waals surface area contributed by atoms with E-state index in [9.17, 15) is 0 Å². The van der Waals surface area contributed by atoms with Crippen LogP contribution in [0.2, 0.25) is 0 Å². The van der Waals surface area contributed by atoms with Gasteiger partial charge in [0.15, 0.2) is 0 Å². The molecule has 5 aromatic rings. The van der Waals surface area contributed by atoms with Crippen molar-refractivity contribution in [3.63, 3.8) is 0 Å². The van der Waals surface area contributed by atoms with E-state index < -0.39 is 0 Å². The Kier molecular flexibility index (Phi) is 2.73. The molecule has 0 atom stereocenters. The first-order chi connectivity index (χ1) is 11.4. The summed E-state index contributed by atoms with van der Waals surface area (Å²) in [7, 11) is 0. The van der Waals surface area contributed by atoms with Gasteiger partial charge in [-0.05, 0) is 24.3 Å². The zero-order chi connectivity index (χ0) is 15.2. The molecule has 0 N–H and O–H groups in total. The quantitative estimate of drug-likeness (QED) is 0.355. The van der Waals surface area contributed by atoms with Gasteiger partial charge in [-0.15, -0.1) is 11.3 Å². The molecule has 0 unspecified atom stereocenters. The van der Waals surface area contributed by atoms with Crippen LogP contribution in [0.15, 0.2) is 78.9 Å². The number of rotatable bonds is 1. The maximum atomic E-state index is 4.89. The highest BCUT2D eigenvalue weighted by molar-refractivity contribution is 7.25. The molecule has 1 nitrogen and oxygen atoms in total. The number of benzene rings is 3. The molecule has 0 bridgehead atoms. The highest BCUT2D eigenvalue weighted by Gasteiger charge is 2.11. The van der Waals surface area contributed by atoms with Gasteiger partial charge in [0.1, 0.15) is 0 Å². The van der Waals surface area contributed by atoms with E-state index in [4.69, 9.17) is 4.98 Å². The number of thiophene rings is 1. The Morgan fingerprint density at radius 3 is 2.48 bits per heavy atom. The molecule has 2 aromatic heterocycles. The molecule has 0 saturated carbocycles. The average molecular weight is 311 g/mol. The Balaban J connectivity index is 1.87. The maximum Gasteiger partial charge on any atom is 0.0716 e. The van der Waals surface area contributed by atoms with E-state index in [2.05, 4.69) is 72.8 Å². The predicted molar refractivity (Wildman–Crippen MR) is 100 cm³/mol. The lowest BCUT2D eigenvalue weighted by molar-refractivity contribution is 1.41. The lowest BCUT2D eigenvalue weighted by atomic mass is 10.0. The molecule has 108 valence electrons. The van der Waals surface area contributed by atoms with Crippen molar-refractivity contribution < 1.29 is 0 Å². The van der Waals surface area contributed by atoms with Crippen LogP contribution in [0.1, 0.15) is 0 Å². The molecular weight excluding hydrogens is 298 g/mol. The predicted octanol–water partition coefficient (Wildman–Crippen LogP) is 6.27. The van der Waals surface area contributed by atoms with Gasteiger partial charge in [0.05, 0.1) is 11.2 Å². The molecular formula is C21H13NS. The zero-order valence-corrected chi connectivity index (χ0v) is 13.2. The second kappa shape index (κ2) is 4.90. The van der Waals surface area contributed by atoms with Crippen molar-refractivity contribution in [2.75, 3.05) is 0 Å². The summed E-state index contributed by atoms with van der Waals surface area (Å²) in [6, 6.07) is 27.7. The Bertz CT molecular complexity index is 1170. The third-order valence-corrected chi connectivity index (χ3v) is 5.41. The van der Waals surface area contributed by atoms with Crippen LogP contribution in [0.5, 0.6) is 0 Å². The standard InChI is InChI=1S/C21H13NS/c1-3-9-17-14(6-1)12-13-18(22-17)15-8-5-11-20-21(15)16-7-2-4-10-19(16)23-20/h1-13H. The van der Waals surface area contributed by atoms with Crippen molar-refractivity contribution in [3.8, 4) is 11.3 Å². The summed E-state index contributed by atoms with van der Waals surface area (Å²) in [4.78, 5) is 4.89. The molecule has 0 aliphatic carbocycles. The number of para-hydroxylation sites is 1. The second-order valence-electron chi connectivity index (χ2n) is 5.67. The zero-order valence-electron chi connectivity index (χ0n) is 12.4. The van der Waals surface area contributed by atoms with Gasteiger partial charge in [0, 0.05) is 31.1 Å². The molecule has 23 heavy (non-hydrogen) atoms. The third-order valence-electron chi connectivity index (χ3n) is 4.28. The molecule has 5 rings (SSSR count). The van der Waals surface area contributed by atoms with Gasteiger partial charge in [-0.25, -0.2) is 4.98 Å². The lowest BCUT2D eigenvalue weighted by Crippen LogP contribution is -1.85. The molecule has 0 radical (unpaired) electrons. The number of pyridine rings is 1. The number of hydrogen-bond donors (Lipinski definition) is 0. The van der Waals surface area contributed by atoms with Crippen LogP contribution in [0.4, 0.5) is 0 Å². The molecule has 2 heteroatoms. The average Bonchev–Trinajstić information content (AvgIpc) is 3.00. The summed E-state index contributed by atoms with van der Waals surface area (Å²) in [5, 5.41) is 3.81. The first kappa shape index (κ1) is 12.8. The van der Waals surface area contributed by atoms with Gasteiger partial charge in [0.25, 0.3) is 0 Å². The fraction of sp³-hybridized carbons (Fsp3) is 0. The van der Waals surface area contributed by atoms with Crippen molar-refractivity contribution in [1.29, 1.82) is 0 Å². The molecule has 2 heterocycles. The van der Waals surface area contributed by atoms with Gasteiger partial charge in [-0.2, -0.15) is 0 Å². The van der Waals surface area contributed by atoms with Crippen LogP contribution in [0.3, 0.4) is 0 Å². The summed E-state index contributed by atoms with van der Waals surface area (Å²) in [6.45, 7) is 0. The number of fused-ring (bicyclic) bond motifs is 4. The van der Waals surface area contributed by atoms with Crippen LogP contribution in [0.25, 0.3) is 42.3 Å². The summed E-state index contributed by atoms with van der Waals surface area (Å²) in [6.07, 6.45) is 0. The minimum Gasteiger partial charge on any atom is -0.248 e. The van der Waals surface area contributed by atoms with Crippen molar-refractivity contribution >= 4 is 42.4 Å². The van der Waals surface area contributed by atoms with Crippen molar-refractivity contribution in [2.24, 2.45) is 0 Å². The maximum absolute atomic E-state index is 4.89. The van der Waals surface area contributed by atoms with Crippen molar-refractivity contribution in [3.05, 3.63) is 78.9 Å². The van der Waals surface area contributed by atoms with Crippen LogP contribution >= 0.6 is 11.3 Å². The van der Waals surface area contributed by atoms with Gasteiger partial charge >= 0.3 is 0 Å². The van der Waals surface area contributed by atoms with Gasteiger partial charge in [-0.1, -0.05) is 54.6 Å². The highest BCUT2D eigenvalue weighted by Crippen LogP contribution is 2.39.